The van der Waals surface area contributed by atoms with E-state index in [0.717, 1.165) is 0 Å². The van der Waals surface area contributed by atoms with Crippen LogP contribution in [0.3, 0.4) is 0 Å². The average molecular weight is 320 g/mol. The van der Waals surface area contributed by atoms with Gasteiger partial charge in [0.25, 0.3) is 0 Å². The maximum atomic E-state index is 13.1. The molecule has 1 heterocycles. The molecule has 2 rings (SSSR count). The van der Waals surface area contributed by atoms with Crippen molar-refractivity contribution in [3.8, 4) is 0 Å². The van der Waals surface area contributed by atoms with Gasteiger partial charge in [-0.2, -0.15) is 4.40 Å². The van der Waals surface area contributed by atoms with Gasteiger partial charge in [0.2, 0.25) is 5.95 Å². The number of nitrogens with zero attached hydrogens (tertiary/aromatic N) is 3. The van der Waals surface area contributed by atoms with Crippen molar-refractivity contribution in [2.45, 2.75) is 25.5 Å². The van der Waals surface area contributed by atoms with E-state index >= 15 is 0 Å². The first-order valence-corrected chi connectivity index (χ1v) is 7.72. The highest BCUT2D eigenvalue weighted by molar-refractivity contribution is 7.85. The first-order chi connectivity index (χ1) is 10.3. The van der Waals surface area contributed by atoms with Gasteiger partial charge in [0, 0.05) is 23.5 Å². The standard InChI is InChI=1S/C15H17FN4OS/c1-15(2,3)22(21)20-13(10-4-6-12(16)7-5-10)11-8-18-14(17)19-9-11/h4-9H,1-3H3,(H2,17,18,19)/t22-/m0/s1. The Morgan fingerprint density at radius 1 is 1.14 bits per heavy atom. The molecule has 0 saturated heterocycles. The molecule has 0 spiro atoms. The summed E-state index contributed by atoms with van der Waals surface area (Å²) in [6, 6.07) is 5.79. The van der Waals surface area contributed by atoms with E-state index < -0.39 is 15.7 Å². The van der Waals surface area contributed by atoms with E-state index in [1.54, 1.807) is 12.1 Å². The fourth-order valence-electron chi connectivity index (χ4n) is 1.56. The minimum atomic E-state index is -1.47. The average Bonchev–Trinajstić information content (AvgIpc) is 2.46. The van der Waals surface area contributed by atoms with E-state index in [9.17, 15) is 8.60 Å². The molecule has 0 aliphatic heterocycles. The quantitative estimate of drug-likeness (QED) is 0.881. The largest absolute Gasteiger partial charge is 0.368 e. The molecule has 0 saturated carbocycles. The van der Waals surface area contributed by atoms with Crippen LogP contribution in [0.25, 0.3) is 0 Å². The number of hydrogen-bond donors (Lipinski definition) is 1. The number of halogens is 1. The van der Waals surface area contributed by atoms with Crippen LogP contribution in [-0.2, 0) is 11.0 Å². The summed E-state index contributed by atoms with van der Waals surface area (Å²) in [6.45, 7) is 5.48. The zero-order chi connectivity index (χ0) is 16.3. The van der Waals surface area contributed by atoms with E-state index in [0.29, 0.717) is 16.8 Å². The lowest BCUT2D eigenvalue weighted by Crippen LogP contribution is -2.21. The Morgan fingerprint density at radius 3 is 2.18 bits per heavy atom. The molecule has 1 aromatic heterocycles. The van der Waals surface area contributed by atoms with E-state index in [4.69, 9.17) is 5.73 Å². The van der Waals surface area contributed by atoms with E-state index in [1.165, 1.54) is 24.5 Å². The lowest BCUT2D eigenvalue weighted by molar-refractivity contribution is 0.628. The second-order valence-electron chi connectivity index (χ2n) is 5.64. The number of nitrogens with two attached hydrogens (primary N) is 1. The van der Waals surface area contributed by atoms with Crippen molar-refractivity contribution in [3.05, 3.63) is 53.6 Å². The van der Waals surface area contributed by atoms with Gasteiger partial charge >= 0.3 is 0 Å². The van der Waals surface area contributed by atoms with Gasteiger partial charge in [0.05, 0.1) is 10.5 Å². The van der Waals surface area contributed by atoms with E-state index in [-0.39, 0.29) is 11.8 Å². The summed E-state index contributed by atoms with van der Waals surface area (Å²) in [5, 5.41) is 0. The van der Waals surface area contributed by atoms with Crippen molar-refractivity contribution < 1.29 is 8.60 Å². The van der Waals surface area contributed by atoms with Crippen LogP contribution in [0.5, 0.6) is 0 Å². The van der Waals surface area contributed by atoms with Crippen molar-refractivity contribution in [1.82, 2.24) is 9.97 Å². The van der Waals surface area contributed by atoms with Gasteiger partial charge in [-0.1, -0.05) is 0 Å². The molecule has 1 aromatic carbocycles. The van der Waals surface area contributed by atoms with Crippen LogP contribution in [0.1, 0.15) is 31.9 Å². The SMILES string of the molecule is CC(C)(C)[S@](=O)N=C(c1ccc(F)cc1)c1cnc(N)nc1. The van der Waals surface area contributed by atoms with Crippen LogP contribution >= 0.6 is 0 Å². The van der Waals surface area contributed by atoms with Gasteiger partial charge in [-0.15, -0.1) is 0 Å². The highest BCUT2D eigenvalue weighted by atomic mass is 32.2. The van der Waals surface area contributed by atoms with Gasteiger partial charge in [-0.25, -0.2) is 18.6 Å². The van der Waals surface area contributed by atoms with Crippen LogP contribution in [0.2, 0.25) is 0 Å². The normalized spacial score (nSPS) is 13.9. The number of aromatic nitrogens is 2. The molecule has 1 atom stereocenters. The lowest BCUT2D eigenvalue weighted by atomic mass is 10.1. The minimum Gasteiger partial charge on any atom is -0.368 e. The highest BCUT2D eigenvalue weighted by Crippen LogP contribution is 2.17. The first-order valence-electron chi connectivity index (χ1n) is 6.62. The monoisotopic (exact) mass is 320 g/mol. The summed E-state index contributed by atoms with van der Waals surface area (Å²) in [5.74, 6) is -0.215. The van der Waals surface area contributed by atoms with Crippen molar-refractivity contribution >= 4 is 22.6 Å². The summed E-state index contributed by atoms with van der Waals surface area (Å²) < 4.78 is 29.2. The van der Waals surface area contributed by atoms with Gasteiger partial charge in [0.15, 0.2) is 0 Å². The second-order valence-corrected chi connectivity index (χ2v) is 7.54. The molecule has 0 amide bonds. The summed E-state index contributed by atoms with van der Waals surface area (Å²) >= 11 is 0. The number of anilines is 1. The predicted molar refractivity (Wildman–Crippen MR) is 86.4 cm³/mol. The second kappa shape index (κ2) is 6.31. The first kappa shape index (κ1) is 16.2. The molecule has 0 bridgehead atoms. The predicted octanol–water partition coefficient (Wildman–Crippen LogP) is 2.50. The molecule has 0 fully saturated rings. The third kappa shape index (κ3) is 3.94. The number of nitrogen functional groups attached to an aromatic ring is 1. The van der Waals surface area contributed by atoms with Crippen LogP contribution in [-0.4, -0.2) is 24.6 Å². The maximum absolute atomic E-state index is 13.1. The molecular weight excluding hydrogens is 303 g/mol. The van der Waals surface area contributed by atoms with E-state index in [1.807, 2.05) is 20.8 Å². The Labute approximate surface area is 131 Å². The molecular formula is C15H17FN4OS. The van der Waals surface area contributed by atoms with Crippen molar-refractivity contribution in [1.29, 1.82) is 0 Å². The zero-order valence-corrected chi connectivity index (χ0v) is 13.4. The van der Waals surface area contributed by atoms with Crippen molar-refractivity contribution in [2.24, 2.45) is 4.40 Å². The van der Waals surface area contributed by atoms with Gasteiger partial charge in [-0.05, 0) is 45.0 Å². The molecule has 0 radical (unpaired) electrons. The summed E-state index contributed by atoms with van der Waals surface area (Å²) in [5.41, 5.74) is 7.12. The highest BCUT2D eigenvalue weighted by Gasteiger charge is 2.21. The summed E-state index contributed by atoms with van der Waals surface area (Å²) in [4.78, 5) is 7.85. The zero-order valence-electron chi connectivity index (χ0n) is 12.6. The number of hydrogen-bond acceptors (Lipinski definition) is 4. The molecule has 0 aliphatic rings. The Morgan fingerprint density at radius 2 is 1.68 bits per heavy atom. The Kier molecular flexibility index (Phi) is 4.65. The lowest BCUT2D eigenvalue weighted by Gasteiger charge is -2.15. The van der Waals surface area contributed by atoms with Gasteiger partial charge < -0.3 is 5.73 Å². The van der Waals surface area contributed by atoms with Crippen LogP contribution in [0.4, 0.5) is 10.3 Å². The Hall–Kier alpha value is -2.15. The maximum Gasteiger partial charge on any atom is 0.219 e. The topological polar surface area (TPSA) is 81.2 Å². The summed E-state index contributed by atoms with van der Waals surface area (Å²) in [7, 11) is -1.47. The van der Waals surface area contributed by atoms with Crippen LogP contribution < -0.4 is 5.73 Å². The fourth-order valence-corrected chi connectivity index (χ4v) is 2.21. The molecule has 22 heavy (non-hydrogen) atoms. The van der Waals surface area contributed by atoms with Crippen LogP contribution in [0, 0.1) is 5.82 Å². The Balaban J connectivity index is 2.54. The summed E-state index contributed by atoms with van der Waals surface area (Å²) in [6.07, 6.45) is 3.01. The molecule has 2 N–H and O–H groups in total. The number of rotatable bonds is 3. The molecule has 5 nitrogen and oxygen atoms in total. The van der Waals surface area contributed by atoms with Gasteiger partial charge in [0.1, 0.15) is 16.8 Å². The molecule has 116 valence electrons. The van der Waals surface area contributed by atoms with Crippen molar-refractivity contribution in [3.63, 3.8) is 0 Å². The fraction of sp³-hybridized carbons (Fsp3) is 0.267. The third-order valence-corrected chi connectivity index (χ3v) is 4.16. The van der Waals surface area contributed by atoms with E-state index in [2.05, 4.69) is 14.4 Å². The molecule has 0 unspecified atom stereocenters. The van der Waals surface area contributed by atoms with Crippen LogP contribution in [0.15, 0.2) is 41.1 Å². The number of benzene rings is 1. The Bertz CT molecular complexity index is 658. The van der Waals surface area contributed by atoms with Crippen molar-refractivity contribution in [2.75, 3.05) is 5.73 Å². The minimum absolute atomic E-state index is 0.138. The smallest absolute Gasteiger partial charge is 0.219 e. The molecule has 7 heteroatoms. The molecule has 2 aromatic rings. The third-order valence-electron chi connectivity index (χ3n) is 2.76. The van der Waals surface area contributed by atoms with Gasteiger partial charge in [-0.3, -0.25) is 0 Å². The molecule has 0 aliphatic carbocycles.